The molecule has 1 aromatic carbocycles. The number of hydrogen-bond acceptors (Lipinski definition) is 1. The third kappa shape index (κ3) is 6.79. The first-order valence-electron chi connectivity index (χ1n) is 6.25. The lowest BCUT2D eigenvalue weighted by Crippen LogP contribution is -1.96. The van der Waals surface area contributed by atoms with Gasteiger partial charge in [0.05, 0.1) is 6.61 Å². The van der Waals surface area contributed by atoms with E-state index >= 15 is 0 Å². The molecular weight excluding hydrogens is 283 g/mol. The largest absolute Gasteiger partial charge is 0.377 e. The van der Waals surface area contributed by atoms with E-state index in [9.17, 15) is 4.39 Å². The second kappa shape index (κ2) is 8.65. The van der Waals surface area contributed by atoms with Gasteiger partial charge in [0.2, 0.25) is 0 Å². The molecule has 96 valence electrons. The van der Waals surface area contributed by atoms with Gasteiger partial charge in [0.15, 0.2) is 0 Å². The Morgan fingerprint density at radius 3 is 2.59 bits per heavy atom. The lowest BCUT2D eigenvalue weighted by molar-refractivity contribution is 0.116. The highest BCUT2D eigenvalue weighted by atomic mass is 79.9. The molecule has 0 bridgehead atoms. The molecule has 0 heterocycles. The monoisotopic (exact) mass is 302 g/mol. The number of ether oxygens (including phenoxy) is 1. The van der Waals surface area contributed by atoms with Gasteiger partial charge in [-0.05, 0) is 30.2 Å². The summed E-state index contributed by atoms with van der Waals surface area (Å²) in [6.45, 7) is 3.46. The predicted molar refractivity (Wildman–Crippen MR) is 72.5 cm³/mol. The molecule has 1 nitrogen and oxygen atoms in total. The lowest BCUT2D eigenvalue weighted by Gasteiger charge is -2.05. The molecule has 0 spiro atoms. The average molecular weight is 303 g/mol. The van der Waals surface area contributed by atoms with E-state index < -0.39 is 0 Å². The van der Waals surface area contributed by atoms with Crippen LogP contribution in [0.4, 0.5) is 4.39 Å². The highest BCUT2D eigenvalue weighted by Crippen LogP contribution is 2.15. The lowest BCUT2D eigenvalue weighted by atomic mass is 10.2. The van der Waals surface area contributed by atoms with Gasteiger partial charge in [-0.15, -0.1) is 0 Å². The minimum absolute atomic E-state index is 0.221. The molecule has 0 N–H and O–H groups in total. The predicted octanol–water partition coefficient (Wildman–Crippen LogP) is 5.08. The molecule has 0 unspecified atom stereocenters. The Bertz CT molecular complexity index is 308. The van der Waals surface area contributed by atoms with E-state index in [1.54, 1.807) is 0 Å². The minimum atomic E-state index is -0.221. The summed E-state index contributed by atoms with van der Waals surface area (Å²) in [7, 11) is 0. The van der Waals surface area contributed by atoms with Crippen molar-refractivity contribution in [2.75, 3.05) is 6.61 Å². The number of rotatable bonds is 8. The second-order valence-corrected chi connectivity index (χ2v) is 5.16. The summed E-state index contributed by atoms with van der Waals surface area (Å²) in [5, 5.41) is 0. The molecule has 1 aromatic rings. The zero-order valence-corrected chi connectivity index (χ0v) is 11.9. The number of hydrogen-bond donors (Lipinski definition) is 0. The van der Waals surface area contributed by atoms with Crippen molar-refractivity contribution in [2.24, 2.45) is 0 Å². The van der Waals surface area contributed by atoms with Crippen LogP contribution in [0.1, 0.15) is 44.6 Å². The zero-order valence-electron chi connectivity index (χ0n) is 10.3. The van der Waals surface area contributed by atoms with Crippen molar-refractivity contribution in [1.82, 2.24) is 0 Å². The van der Waals surface area contributed by atoms with Gasteiger partial charge in [0.1, 0.15) is 5.82 Å². The quantitative estimate of drug-likeness (QED) is 0.609. The van der Waals surface area contributed by atoms with Gasteiger partial charge in [-0.1, -0.05) is 48.5 Å². The zero-order chi connectivity index (χ0) is 12.5. The summed E-state index contributed by atoms with van der Waals surface area (Å²) < 4.78 is 19.3. The van der Waals surface area contributed by atoms with Gasteiger partial charge in [0, 0.05) is 11.1 Å². The van der Waals surface area contributed by atoms with E-state index in [1.807, 2.05) is 6.07 Å². The van der Waals surface area contributed by atoms with E-state index in [4.69, 9.17) is 4.74 Å². The maximum absolute atomic E-state index is 13.1. The van der Waals surface area contributed by atoms with Crippen LogP contribution in [0.5, 0.6) is 0 Å². The molecule has 0 saturated heterocycles. The maximum Gasteiger partial charge on any atom is 0.124 e. The number of unbranched alkanes of at least 4 members (excludes halogenated alkanes) is 4. The van der Waals surface area contributed by atoms with Crippen LogP contribution >= 0.6 is 15.9 Å². The van der Waals surface area contributed by atoms with Crippen molar-refractivity contribution >= 4 is 15.9 Å². The van der Waals surface area contributed by atoms with Gasteiger partial charge in [0.25, 0.3) is 0 Å². The third-order valence-electron chi connectivity index (χ3n) is 2.58. The van der Waals surface area contributed by atoms with Crippen molar-refractivity contribution in [3.8, 4) is 0 Å². The third-order valence-corrected chi connectivity index (χ3v) is 3.04. The van der Waals surface area contributed by atoms with Gasteiger partial charge in [-0.2, -0.15) is 0 Å². The highest BCUT2D eigenvalue weighted by Gasteiger charge is 1.99. The van der Waals surface area contributed by atoms with Crippen molar-refractivity contribution in [1.29, 1.82) is 0 Å². The van der Waals surface area contributed by atoms with Gasteiger partial charge in [-0.25, -0.2) is 4.39 Å². The van der Waals surface area contributed by atoms with Crippen molar-refractivity contribution in [2.45, 2.75) is 45.6 Å². The molecule has 3 heteroatoms. The molecule has 0 atom stereocenters. The van der Waals surface area contributed by atoms with Crippen LogP contribution in [0.3, 0.4) is 0 Å². The fourth-order valence-electron chi connectivity index (χ4n) is 1.69. The molecule has 17 heavy (non-hydrogen) atoms. The van der Waals surface area contributed by atoms with Crippen LogP contribution in [0.15, 0.2) is 22.7 Å². The summed E-state index contributed by atoms with van der Waals surface area (Å²) in [6.07, 6.45) is 6.16. The minimum Gasteiger partial charge on any atom is -0.377 e. The Balaban J connectivity index is 2.13. The van der Waals surface area contributed by atoms with E-state index in [1.165, 1.54) is 37.8 Å². The van der Waals surface area contributed by atoms with Crippen LogP contribution in [-0.4, -0.2) is 6.61 Å². The molecule has 0 radical (unpaired) electrons. The molecule has 0 fully saturated rings. The Morgan fingerprint density at radius 1 is 1.12 bits per heavy atom. The molecule has 0 aliphatic carbocycles. The summed E-state index contributed by atoms with van der Waals surface area (Å²) >= 11 is 3.27. The molecular formula is C14H20BrFO. The molecule has 0 amide bonds. The fraction of sp³-hybridized carbons (Fsp3) is 0.571. The Kier molecular flexibility index (Phi) is 7.45. The van der Waals surface area contributed by atoms with Crippen LogP contribution in [-0.2, 0) is 11.3 Å². The van der Waals surface area contributed by atoms with E-state index in [-0.39, 0.29) is 5.82 Å². The topological polar surface area (TPSA) is 9.23 Å². The Hall–Kier alpha value is -0.410. The van der Waals surface area contributed by atoms with Crippen LogP contribution in [0.25, 0.3) is 0 Å². The smallest absolute Gasteiger partial charge is 0.124 e. The first-order chi connectivity index (χ1) is 8.22. The van der Waals surface area contributed by atoms with Crippen LogP contribution < -0.4 is 0 Å². The Morgan fingerprint density at radius 2 is 1.88 bits per heavy atom. The molecule has 0 saturated carbocycles. The maximum atomic E-state index is 13.1. The van der Waals surface area contributed by atoms with Crippen molar-refractivity contribution in [3.05, 3.63) is 34.1 Å². The summed E-state index contributed by atoms with van der Waals surface area (Å²) in [6, 6.07) is 4.86. The van der Waals surface area contributed by atoms with Crippen LogP contribution in [0.2, 0.25) is 0 Å². The molecule has 0 aliphatic rings. The molecule has 0 aromatic heterocycles. The van der Waals surface area contributed by atoms with Gasteiger partial charge in [-0.3, -0.25) is 0 Å². The van der Waals surface area contributed by atoms with Crippen LogP contribution in [0, 0.1) is 5.82 Å². The van der Waals surface area contributed by atoms with Gasteiger partial charge < -0.3 is 4.74 Å². The van der Waals surface area contributed by atoms with Crippen molar-refractivity contribution in [3.63, 3.8) is 0 Å². The van der Waals surface area contributed by atoms with Crippen molar-refractivity contribution < 1.29 is 9.13 Å². The normalized spacial score (nSPS) is 10.8. The number of halogens is 2. The number of benzene rings is 1. The van der Waals surface area contributed by atoms with E-state index in [0.29, 0.717) is 6.61 Å². The molecule has 0 aliphatic heterocycles. The Labute approximate surface area is 111 Å². The van der Waals surface area contributed by atoms with E-state index in [2.05, 4.69) is 22.9 Å². The molecule has 1 rings (SSSR count). The highest BCUT2D eigenvalue weighted by molar-refractivity contribution is 9.10. The standard InChI is InChI=1S/C14H20BrFO/c1-2-3-4-5-6-7-17-11-12-8-13(15)10-14(16)9-12/h8-10H,2-7,11H2,1H3. The summed E-state index contributed by atoms with van der Waals surface area (Å²) in [5.41, 5.74) is 0.880. The first-order valence-corrected chi connectivity index (χ1v) is 7.04. The fourth-order valence-corrected chi connectivity index (χ4v) is 2.20. The van der Waals surface area contributed by atoms with Gasteiger partial charge >= 0.3 is 0 Å². The van der Waals surface area contributed by atoms with E-state index in [0.717, 1.165) is 23.1 Å². The average Bonchev–Trinajstić information content (AvgIpc) is 2.26. The first kappa shape index (κ1) is 14.7. The summed E-state index contributed by atoms with van der Waals surface area (Å²) in [4.78, 5) is 0. The second-order valence-electron chi connectivity index (χ2n) is 4.24. The summed E-state index contributed by atoms with van der Waals surface area (Å²) in [5.74, 6) is -0.221. The SMILES string of the molecule is CCCCCCCOCc1cc(F)cc(Br)c1.